The molecule has 0 atom stereocenters. The Balaban J connectivity index is 2.39. The summed E-state index contributed by atoms with van der Waals surface area (Å²) < 4.78 is 5.97. The zero-order valence-electron chi connectivity index (χ0n) is 5.26. The quantitative estimate of drug-likeness (QED) is 0.551. The van der Waals surface area contributed by atoms with Crippen LogP contribution in [0.15, 0.2) is 6.20 Å². The van der Waals surface area contributed by atoms with E-state index in [0.717, 1.165) is 0 Å². The van der Waals surface area contributed by atoms with Crippen molar-refractivity contribution in [2.24, 2.45) is 0 Å². The van der Waals surface area contributed by atoms with Gasteiger partial charge in [0.1, 0.15) is 0 Å². The van der Waals surface area contributed by atoms with Gasteiger partial charge in [-0.3, -0.25) is 0 Å². The molecule has 0 amide bonds. The number of fused-ring (bicyclic) bond motifs is 1. The van der Waals surface area contributed by atoms with Gasteiger partial charge >= 0.3 is 60.6 Å². The summed E-state index contributed by atoms with van der Waals surface area (Å²) in [5, 5.41) is 0. The molecule has 0 saturated carbocycles. The van der Waals surface area contributed by atoms with Gasteiger partial charge in [-0.25, -0.2) is 0 Å². The van der Waals surface area contributed by atoms with Gasteiger partial charge in [0.2, 0.25) is 0 Å². The summed E-state index contributed by atoms with van der Waals surface area (Å²) >= 11 is 0.510. The van der Waals surface area contributed by atoms with Gasteiger partial charge < -0.3 is 0 Å². The van der Waals surface area contributed by atoms with Crippen LogP contribution in [-0.4, -0.2) is 18.7 Å². The molecule has 0 aromatic carbocycles. The number of nitrogens with zero attached hydrogens (tertiary/aromatic N) is 1. The van der Waals surface area contributed by atoms with Crippen LogP contribution >= 0.6 is 0 Å². The molecule has 0 fully saturated rings. The van der Waals surface area contributed by atoms with Crippen molar-refractivity contribution in [3.05, 3.63) is 16.2 Å². The van der Waals surface area contributed by atoms with E-state index in [1.807, 2.05) is 0 Å². The van der Waals surface area contributed by atoms with Crippen LogP contribution < -0.4 is 0 Å². The molecule has 0 radical (unpaired) electrons. The van der Waals surface area contributed by atoms with E-state index in [-0.39, 0.29) is 0 Å². The molecular weight excluding hydrogens is 177 g/mol. The molecule has 1 aromatic heterocycles. The zero-order chi connectivity index (χ0) is 6.10. The Morgan fingerprint density at radius 2 is 2.22 bits per heavy atom. The van der Waals surface area contributed by atoms with Crippen molar-refractivity contribution in [3.8, 4) is 0 Å². The maximum absolute atomic E-state index is 4.29. The molecule has 1 heterocycles. The molecule has 1 aliphatic carbocycles. The predicted molar refractivity (Wildman–Crippen MR) is 37.8 cm³/mol. The van der Waals surface area contributed by atoms with Gasteiger partial charge in [0.15, 0.2) is 0 Å². The first-order chi connectivity index (χ1) is 4.47. The van der Waals surface area contributed by atoms with Gasteiger partial charge in [0.25, 0.3) is 0 Å². The fraction of sp³-hybridized carbons (Fsp3) is 0.571. The molecule has 1 aliphatic rings. The fourth-order valence-corrected chi connectivity index (χ4v) is 3.00. The van der Waals surface area contributed by atoms with E-state index in [2.05, 4.69) is 10.2 Å². The van der Waals surface area contributed by atoms with E-state index in [1.165, 1.54) is 25.7 Å². The Hall–Kier alpha value is -0.0705. The Morgan fingerprint density at radius 3 is 3.11 bits per heavy atom. The van der Waals surface area contributed by atoms with E-state index in [9.17, 15) is 0 Å². The van der Waals surface area contributed by atoms with Crippen LogP contribution in [-0.2, 0) is 12.8 Å². The average molecular weight is 186 g/mol. The van der Waals surface area contributed by atoms with E-state index >= 15 is 0 Å². The van der Waals surface area contributed by atoms with Crippen molar-refractivity contribution in [2.45, 2.75) is 25.7 Å². The predicted octanol–water partition coefficient (Wildman–Crippen LogP) is 1.02. The summed E-state index contributed by atoms with van der Waals surface area (Å²) in [6.45, 7) is 0. The third kappa shape index (κ3) is 0.973. The van der Waals surface area contributed by atoms with Crippen molar-refractivity contribution in [2.75, 3.05) is 0 Å². The molecule has 2 heteroatoms. The SMILES string of the molecule is c1n[se]c2c1CCCC2. The molecule has 0 unspecified atom stereocenters. The van der Waals surface area contributed by atoms with Crippen LogP contribution in [0.3, 0.4) is 0 Å². The summed E-state index contributed by atoms with van der Waals surface area (Å²) in [4.78, 5) is 0. The Kier molecular flexibility index (Phi) is 1.44. The van der Waals surface area contributed by atoms with Crippen LogP contribution in [0.25, 0.3) is 0 Å². The summed E-state index contributed by atoms with van der Waals surface area (Å²) in [5.41, 5.74) is 1.57. The van der Waals surface area contributed by atoms with Crippen LogP contribution in [0.4, 0.5) is 0 Å². The molecule has 1 aromatic rings. The van der Waals surface area contributed by atoms with E-state index in [1.54, 1.807) is 10.0 Å². The zero-order valence-corrected chi connectivity index (χ0v) is 6.97. The number of rotatable bonds is 0. The standard InChI is InChI=1S/C7H9NSe/c1-2-4-7-6(3-1)5-8-9-7/h5H,1-4H2. The van der Waals surface area contributed by atoms with Gasteiger partial charge in [-0.2, -0.15) is 0 Å². The first-order valence-electron chi connectivity index (χ1n) is 3.39. The first kappa shape index (κ1) is 5.69. The summed E-state index contributed by atoms with van der Waals surface area (Å²) in [7, 11) is 0. The van der Waals surface area contributed by atoms with Crippen LogP contribution in [0.5, 0.6) is 0 Å². The Morgan fingerprint density at radius 1 is 1.33 bits per heavy atom. The second-order valence-electron chi connectivity index (χ2n) is 2.48. The normalized spacial score (nSPS) is 17.3. The molecule has 0 N–H and O–H groups in total. The Labute approximate surface area is 61.1 Å². The monoisotopic (exact) mass is 187 g/mol. The maximum atomic E-state index is 4.29. The third-order valence-corrected chi connectivity index (χ3v) is 3.71. The average Bonchev–Trinajstić information content (AvgIpc) is 2.33. The summed E-state index contributed by atoms with van der Waals surface area (Å²) in [6, 6.07) is 0. The minimum atomic E-state index is 0.510. The summed E-state index contributed by atoms with van der Waals surface area (Å²) in [6.07, 6.45) is 7.54. The van der Waals surface area contributed by atoms with Gasteiger partial charge in [0, 0.05) is 0 Å². The van der Waals surface area contributed by atoms with Crippen molar-refractivity contribution in [1.82, 2.24) is 3.98 Å². The molecule has 0 saturated heterocycles. The van der Waals surface area contributed by atoms with Crippen LogP contribution in [0.2, 0.25) is 0 Å². The van der Waals surface area contributed by atoms with Crippen molar-refractivity contribution in [3.63, 3.8) is 0 Å². The Bertz CT molecular complexity index is 184. The minimum absolute atomic E-state index is 0.510. The molecule has 9 heavy (non-hydrogen) atoms. The molecule has 0 bridgehead atoms. The summed E-state index contributed by atoms with van der Waals surface area (Å²) in [5.74, 6) is 0. The molecule has 48 valence electrons. The van der Waals surface area contributed by atoms with Crippen molar-refractivity contribution < 1.29 is 0 Å². The molecule has 0 aliphatic heterocycles. The number of hydrogen-bond donors (Lipinski definition) is 0. The van der Waals surface area contributed by atoms with Crippen molar-refractivity contribution >= 4 is 14.7 Å². The molecule has 2 rings (SSSR count). The number of hydrogen-bond acceptors (Lipinski definition) is 1. The fourth-order valence-electron chi connectivity index (χ4n) is 1.30. The third-order valence-electron chi connectivity index (χ3n) is 1.83. The van der Waals surface area contributed by atoms with E-state index in [0.29, 0.717) is 14.7 Å². The van der Waals surface area contributed by atoms with Crippen LogP contribution in [0.1, 0.15) is 22.8 Å². The van der Waals surface area contributed by atoms with E-state index in [4.69, 9.17) is 0 Å². The number of aryl methyl sites for hydroxylation is 2. The van der Waals surface area contributed by atoms with Gasteiger partial charge in [0.05, 0.1) is 0 Å². The van der Waals surface area contributed by atoms with E-state index < -0.39 is 0 Å². The molecule has 0 spiro atoms. The number of aromatic nitrogens is 1. The topological polar surface area (TPSA) is 12.9 Å². The van der Waals surface area contributed by atoms with Gasteiger partial charge in [-0.15, -0.1) is 0 Å². The molecule has 1 nitrogen and oxygen atoms in total. The van der Waals surface area contributed by atoms with Gasteiger partial charge in [-0.05, 0) is 0 Å². The van der Waals surface area contributed by atoms with Crippen LogP contribution in [0, 0.1) is 0 Å². The second kappa shape index (κ2) is 2.28. The second-order valence-corrected chi connectivity index (χ2v) is 4.34. The van der Waals surface area contributed by atoms with Gasteiger partial charge in [-0.1, -0.05) is 0 Å². The van der Waals surface area contributed by atoms with Crippen molar-refractivity contribution in [1.29, 1.82) is 0 Å². The molecular formula is C7H9NSe. The first-order valence-corrected chi connectivity index (χ1v) is 5.01.